The average molecular weight is 315 g/mol. The molecule has 4 heteroatoms. The van der Waals surface area contributed by atoms with Crippen LogP contribution in [0.15, 0.2) is 39.4 Å². The molecule has 1 atom stereocenters. The molecule has 1 aromatic carbocycles. The van der Waals surface area contributed by atoms with Crippen molar-refractivity contribution in [1.29, 1.82) is 0 Å². The van der Waals surface area contributed by atoms with Gasteiger partial charge >= 0.3 is 0 Å². The second-order valence-corrected chi connectivity index (χ2v) is 5.18. The van der Waals surface area contributed by atoms with Gasteiger partial charge in [-0.3, -0.25) is 0 Å². The van der Waals surface area contributed by atoms with Crippen molar-refractivity contribution in [3.63, 3.8) is 0 Å². The Hall–Kier alpha value is -0.930. The van der Waals surface area contributed by atoms with Crippen LogP contribution in [0.2, 0.25) is 5.02 Å². The Balaban J connectivity index is 2.18. The van der Waals surface area contributed by atoms with E-state index in [0.717, 1.165) is 16.1 Å². The van der Waals surface area contributed by atoms with E-state index in [1.54, 1.807) is 0 Å². The van der Waals surface area contributed by atoms with Crippen LogP contribution in [0.25, 0.3) is 0 Å². The number of furan rings is 1. The lowest BCUT2D eigenvalue weighted by Crippen LogP contribution is -2.06. The Labute approximate surface area is 114 Å². The first kappa shape index (κ1) is 12.5. The van der Waals surface area contributed by atoms with Crippen molar-refractivity contribution in [2.75, 3.05) is 5.32 Å². The highest BCUT2D eigenvalue weighted by Crippen LogP contribution is 2.28. The van der Waals surface area contributed by atoms with Gasteiger partial charge in [-0.2, -0.15) is 0 Å². The quantitative estimate of drug-likeness (QED) is 0.844. The molecule has 1 unspecified atom stereocenters. The van der Waals surface area contributed by atoms with Crippen molar-refractivity contribution in [3.05, 3.63) is 51.3 Å². The van der Waals surface area contributed by atoms with E-state index >= 15 is 0 Å². The Morgan fingerprint density at radius 3 is 2.71 bits per heavy atom. The summed E-state index contributed by atoms with van der Waals surface area (Å²) < 4.78 is 6.23. The summed E-state index contributed by atoms with van der Waals surface area (Å²) in [5, 5.41) is 4.05. The predicted octanol–water partition coefficient (Wildman–Crippen LogP) is 5.18. The maximum absolute atomic E-state index is 6.13. The van der Waals surface area contributed by atoms with Crippen LogP contribution in [0.3, 0.4) is 0 Å². The fourth-order valence-electron chi connectivity index (χ4n) is 1.62. The zero-order valence-corrected chi connectivity index (χ0v) is 12.0. The fourth-order valence-corrected chi connectivity index (χ4v) is 2.11. The molecule has 0 saturated heterocycles. The van der Waals surface area contributed by atoms with Crippen LogP contribution in [-0.4, -0.2) is 0 Å². The lowest BCUT2D eigenvalue weighted by Gasteiger charge is -2.14. The number of hydrogen-bond acceptors (Lipinski definition) is 2. The summed E-state index contributed by atoms with van der Waals surface area (Å²) in [5.74, 6) is 0.870. The summed E-state index contributed by atoms with van der Waals surface area (Å²) in [7, 11) is 0. The molecule has 0 fully saturated rings. The lowest BCUT2D eigenvalue weighted by atomic mass is 10.2. The van der Waals surface area contributed by atoms with E-state index in [-0.39, 0.29) is 6.04 Å². The topological polar surface area (TPSA) is 25.2 Å². The molecule has 1 heterocycles. The zero-order valence-electron chi connectivity index (χ0n) is 9.63. The van der Waals surface area contributed by atoms with Crippen molar-refractivity contribution >= 4 is 33.2 Å². The molecule has 0 spiro atoms. The third kappa shape index (κ3) is 3.05. The molecular weight excluding hydrogens is 302 g/mol. The number of halogens is 2. The standard InChI is InChI=1S/C13H13BrClNO/c1-8-3-4-10(15)11(7-8)16-9(2)12-5-6-13(14)17-12/h3-7,9,16H,1-2H3. The Morgan fingerprint density at radius 1 is 1.29 bits per heavy atom. The minimum absolute atomic E-state index is 0.0700. The molecule has 0 aliphatic heterocycles. The highest BCUT2D eigenvalue weighted by Gasteiger charge is 2.11. The zero-order chi connectivity index (χ0) is 12.4. The normalized spacial score (nSPS) is 12.5. The van der Waals surface area contributed by atoms with E-state index in [1.165, 1.54) is 5.56 Å². The largest absolute Gasteiger partial charge is 0.452 e. The first-order valence-corrected chi connectivity index (χ1v) is 6.51. The second kappa shape index (κ2) is 5.15. The van der Waals surface area contributed by atoms with Gasteiger partial charge < -0.3 is 9.73 Å². The first-order valence-electron chi connectivity index (χ1n) is 5.34. The van der Waals surface area contributed by atoms with Gasteiger partial charge in [-0.05, 0) is 59.6 Å². The molecule has 0 bridgehead atoms. The SMILES string of the molecule is Cc1ccc(Cl)c(NC(C)c2ccc(Br)o2)c1. The summed E-state index contributed by atoms with van der Waals surface area (Å²) in [6, 6.07) is 9.79. The number of nitrogens with one attached hydrogen (secondary N) is 1. The van der Waals surface area contributed by atoms with Crippen LogP contribution < -0.4 is 5.32 Å². The Kier molecular flexibility index (Phi) is 3.79. The molecule has 2 aromatic rings. The van der Waals surface area contributed by atoms with Crippen molar-refractivity contribution < 1.29 is 4.42 Å². The van der Waals surface area contributed by atoms with Crippen molar-refractivity contribution in [2.45, 2.75) is 19.9 Å². The van der Waals surface area contributed by atoms with Crippen LogP contribution in [0.4, 0.5) is 5.69 Å². The van der Waals surface area contributed by atoms with Crippen molar-refractivity contribution in [1.82, 2.24) is 0 Å². The fraction of sp³-hybridized carbons (Fsp3) is 0.231. The van der Waals surface area contributed by atoms with Crippen molar-refractivity contribution in [3.8, 4) is 0 Å². The average Bonchev–Trinajstić information content (AvgIpc) is 2.70. The maximum Gasteiger partial charge on any atom is 0.169 e. The molecule has 0 aliphatic carbocycles. The molecule has 0 saturated carbocycles. The van der Waals surface area contributed by atoms with Crippen LogP contribution in [0.5, 0.6) is 0 Å². The lowest BCUT2D eigenvalue weighted by molar-refractivity contribution is 0.471. The molecule has 90 valence electrons. The van der Waals surface area contributed by atoms with Gasteiger partial charge in [0.2, 0.25) is 0 Å². The van der Waals surface area contributed by atoms with Crippen LogP contribution in [0, 0.1) is 6.92 Å². The molecule has 1 N–H and O–H groups in total. The third-order valence-corrected chi connectivity index (χ3v) is 3.27. The summed E-state index contributed by atoms with van der Waals surface area (Å²) in [4.78, 5) is 0. The van der Waals surface area contributed by atoms with E-state index < -0.39 is 0 Å². The molecule has 0 radical (unpaired) electrons. The van der Waals surface area contributed by atoms with E-state index in [2.05, 4.69) is 21.2 Å². The molecule has 1 aromatic heterocycles. The summed E-state index contributed by atoms with van der Waals surface area (Å²) in [6.07, 6.45) is 0. The van der Waals surface area contributed by atoms with Gasteiger partial charge in [-0.15, -0.1) is 0 Å². The Morgan fingerprint density at radius 2 is 2.06 bits per heavy atom. The minimum Gasteiger partial charge on any atom is -0.452 e. The smallest absolute Gasteiger partial charge is 0.169 e. The molecule has 0 amide bonds. The van der Waals surface area contributed by atoms with E-state index in [1.807, 2.05) is 44.2 Å². The summed E-state index contributed by atoms with van der Waals surface area (Å²) in [6.45, 7) is 4.07. The van der Waals surface area contributed by atoms with Gasteiger partial charge in [0.1, 0.15) is 5.76 Å². The maximum atomic E-state index is 6.13. The highest BCUT2D eigenvalue weighted by atomic mass is 79.9. The number of rotatable bonds is 3. The molecule has 2 nitrogen and oxygen atoms in total. The summed E-state index contributed by atoms with van der Waals surface area (Å²) in [5.41, 5.74) is 2.09. The number of anilines is 1. The van der Waals surface area contributed by atoms with Gasteiger partial charge in [0.25, 0.3) is 0 Å². The van der Waals surface area contributed by atoms with Crippen molar-refractivity contribution in [2.24, 2.45) is 0 Å². The Bertz CT molecular complexity index is 524. The van der Waals surface area contributed by atoms with E-state index in [0.29, 0.717) is 5.02 Å². The number of benzene rings is 1. The minimum atomic E-state index is 0.0700. The predicted molar refractivity (Wildman–Crippen MR) is 74.6 cm³/mol. The van der Waals surface area contributed by atoms with Gasteiger partial charge in [-0.25, -0.2) is 0 Å². The second-order valence-electron chi connectivity index (χ2n) is 3.99. The van der Waals surface area contributed by atoms with Gasteiger partial charge in [-0.1, -0.05) is 17.7 Å². The molecule has 17 heavy (non-hydrogen) atoms. The van der Waals surface area contributed by atoms with Crippen LogP contribution in [-0.2, 0) is 0 Å². The monoisotopic (exact) mass is 313 g/mol. The van der Waals surface area contributed by atoms with Gasteiger partial charge in [0, 0.05) is 0 Å². The third-order valence-electron chi connectivity index (χ3n) is 2.51. The number of aryl methyl sites for hydroxylation is 1. The van der Waals surface area contributed by atoms with Crippen LogP contribution >= 0.6 is 27.5 Å². The first-order chi connectivity index (χ1) is 8.06. The molecule has 0 aliphatic rings. The van der Waals surface area contributed by atoms with E-state index in [9.17, 15) is 0 Å². The highest BCUT2D eigenvalue weighted by molar-refractivity contribution is 9.10. The molecular formula is C13H13BrClNO. The van der Waals surface area contributed by atoms with Crippen LogP contribution in [0.1, 0.15) is 24.3 Å². The molecule has 2 rings (SSSR count). The number of hydrogen-bond donors (Lipinski definition) is 1. The van der Waals surface area contributed by atoms with Gasteiger partial charge in [0.05, 0.1) is 16.8 Å². The van der Waals surface area contributed by atoms with Gasteiger partial charge in [0.15, 0.2) is 4.67 Å². The summed E-state index contributed by atoms with van der Waals surface area (Å²) >= 11 is 9.42. The van der Waals surface area contributed by atoms with E-state index in [4.69, 9.17) is 16.0 Å².